The van der Waals surface area contributed by atoms with Crippen LogP contribution in [0.4, 0.5) is 0 Å². The predicted octanol–water partition coefficient (Wildman–Crippen LogP) is 0.979. The molecule has 9 nitrogen and oxygen atoms in total. The van der Waals surface area contributed by atoms with Crippen molar-refractivity contribution in [2.45, 2.75) is 23.7 Å². The van der Waals surface area contributed by atoms with Crippen LogP contribution in [-0.4, -0.2) is 72.8 Å². The van der Waals surface area contributed by atoms with Crippen molar-refractivity contribution in [3.63, 3.8) is 0 Å². The van der Waals surface area contributed by atoms with Gasteiger partial charge in [-0.3, -0.25) is 24.0 Å². The Hall–Kier alpha value is -4.15. The van der Waals surface area contributed by atoms with Gasteiger partial charge in [-0.25, -0.2) is 0 Å². The lowest BCUT2D eigenvalue weighted by Gasteiger charge is -2.47. The summed E-state index contributed by atoms with van der Waals surface area (Å²) < 4.78 is 0. The van der Waals surface area contributed by atoms with Crippen LogP contribution >= 0.6 is 0 Å². The summed E-state index contributed by atoms with van der Waals surface area (Å²) in [6, 6.07) is 19.5. The Bertz CT molecular complexity index is 1340. The fourth-order valence-corrected chi connectivity index (χ4v) is 4.11. The van der Waals surface area contributed by atoms with E-state index >= 15 is 0 Å². The van der Waals surface area contributed by atoms with Gasteiger partial charge < -0.3 is 20.4 Å². The zero-order chi connectivity index (χ0) is 27.4. The minimum absolute atomic E-state index is 0.330. The maximum Gasteiger partial charge on any atom is 0.241 e. The molecule has 0 saturated heterocycles. The van der Waals surface area contributed by atoms with Gasteiger partial charge in [0, 0.05) is 23.6 Å². The highest BCUT2D eigenvalue weighted by atomic mass is 16.4. The van der Waals surface area contributed by atoms with Gasteiger partial charge in [0.15, 0.2) is 17.2 Å². The third-order valence-electron chi connectivity index (χ3n) is 6.14. The molecule has 0 spiro atoms. The summed E-state index contributed by atoms with van der Waals surface area (Å²) in [5.74, 6) is -8.22. The van der Waals surface area contributed by atoms with Crippen molar-refractivity contribution < 1.29 is 44.4 Å². The van der Waals surface area contributed by atoms with E-state index < -0.39 is 63.5 Å². The molecule has 0 heterocycles. The Morgan fingerprint density at radius 3 is 1.30 bits per heavy atom. The topological polar surface area (TPSA) is 166 Å². The zero-order valence-electron chi connectivity index (χ0n) is 19.7. The lowest BCUT2D eigenvalue weighted by atomic mass is 9.60. The number of hydrogen-bond acceptors (Lipinski definition) is 9. The Morgan fingerprint density at radius 2 is 0.946 bits per heavy atom. The van der Waals surface area contributed by atoms with Crippen molar-refractivity contribution in [2.75, 3.05) is 6.61 Å². The molecule has 0 aliphatic carbocycles. The molecule has 0 aliphatic heterocycles. The quantitative estimate of drug-likeness (QED) is 0.169. The summed E-state index contributed by atoms with van der Waals surface area (Å²) in [7, 11) is 0. The predicted molar refractivity (Wildman–Crippen MR) is 130 cm³/mol. The molecule has 3 rings (SSSR count). The second-order valence-corrected chi connectivity index (χ2v) is 8.41. The summed E-state index contributed by atoms with van der Waals surface area (Å²) in [4.78, 5) is 66.6. The standard InChI is InChI=1S/C28H24O9/c1-18(30)22(31)27(36,24(33)20-13-7-3-8-14-20)28(37,25(34)21-15-9-4-10-16-21)26(35,17-29)23(32)19-11-5-2-6-12-19/h2-16,29,35-37H,17H2,1H3/t26-,27+,28+/m0/s1. The van der Waals surface area contributed by atoms with Crippen molar-refractivity contribution in [3.05, 3.63) is 108 Å². The molecule has 0 fully saturated rings. The van der Waals surface area contributed by atoms with Gasteiger partial charge >= 0.3 is 0 Å². The van der Waals surface area contributed by atoms with Crippen molar-refractivity contribution in [3.8, 4) is 0 Å². The fourth-order valence-electron chi connectivity index (χ4n) is 4.11. The molecule has 0 radical (unpaired) electrons. The Labute approximate surface area is 211 Å². The van der Waals surface area contributed by atoms with Crippen LogP contribution in [0.1, 0.15) is 38.0 Å². The lowest BCUT2D eigenvalue weighted by Crippen LogP contribution is -2.80. The summed E-state index contributed by atoms with van der Waals surface area (Å²) in [5.41, 5.74) is -13.0. The second-order valence-electron chi connectivity index (χ2n) is 8.41. The van der Waals surface area contributed by atoms with Gasteiger partial charge in [0.2, 0.25) is 28.6 Å². The molecule has 3 aromatic rings. The van der Waals surface area contributed by atoms with Crippen molar-refractivity contribution >= 4 is 28.9 Å². The van der Waals surface area contributed by atoms with Crippen LogP contribution < -0.4 is 0 Å². The Morgan fingerprint density at radius 1 is 0.595 bits per heavy atom. The minimum atomic E-state index is -4.07. The van der Waals surface area contributed by atoms with Gasteiger partial charge in [0.25, 0.3) is 0 Å². The van der Waals surface area contributed by atoms with E-state index in [1.54, 1.807) is 0 Å². The summed E-state index contributed by atoms with van der Waals surface area (Å²) >= 11 is 0. The average Bonchev–Trinajstić information content (AvgIpc) is 2.95. The third kappa shape index (κ3) is 4.34. The Kier molecular flexibility index (Phi) is 7.75. The second kappa shape index (κ2) is 10.5. The first-order valence-corrected chi connectivity index (χ1v) is 11.1. The molecule has 0 aromatic heterocycles. The van der Waals surface area contributed by atoms with Gasteiger partial charge in [0.05, 0.1) is 6.61 Å². The lowest BCUT2D eigenvalue weighted by molar-refractivity contribution is -0.195. The van der Waals surface area contributed by atoms with Gasteiger partial charge in [-0.1, -0.05) is 91.0 Å². The summed E-state index contributed by atoms with van der Waals surface area (Å²) in [6.07, 6.45) is 0. The molecule has 3 atom stereocenters. The molecular weight excluding hydrogens is 480 g/mol. The molecule has 0 unspecified atom stereocenters. The monoisotopic (exact) mass is 504 g/mol. The molecule has 4 N–H and O–H groups in total. The number of rotatable bonds is 11. The molecule has 0 amide bonds. The van der Waals surface area contributed by atoms with Crippen LogP contribution in [-0.2, 0) is 9.59 Å². The molecule has 0 aliphatic rings. The molecule has 0 saturated carbocycles. The van der Waals surface area contributed by atoms with Crippen molar-refractivity contribution in [1.29, 1.82) is 0 Å². The fraction of sp³-hybridized carbons (Fsp3) is 0.179. The van der Waals surface area contributed by atoms with Crippen LogP contribution in [0.3, 0.4) is 0 Å². The first-order chi connectivity index (χ1) is 17.5. The minimum Gasteiger partial charge on any atom is -0.393 e. The number of carbonyl (C=O) groups is 5. The first kappa shape index (κ1) is 27.4. The van der Waals surface area contributed by atoms with Crippen LogP contribution in [0, 0.1) is 0 Å². The maximum atomic E-state index is 13.9. The number of carbonyl (C=O) groups excluding carboxylic acids is 5. The molecular formula is C28H24O9. The first-order valence-electron chi connectivity index (χ1n) is 11.1. The highest BCUT2D eigenvalue weighted by Crippen LogP contribution is 2.41. The van der Waals surface area contributed by atoms with Gasteiger partial charge in [-0.2, -0.15) is 0 Å². The highest BCUT2D eigenvalue weighted by Gasteiger charge is 2.75. The molecule has 0 bridgehead atoms. The van der Waals surface area contributed by atoms with E-state index in [9.17, 15) is 44.4 Å². The number of Topliss-reactive ketones (excluding diaryl/α,β-unsaturated/α-hetero) is 5. The largest absolute Gasteiger partial charge is 0.393 e. The highest BCUT2D eigenvalue weighted by molar-refractivity contribution is 6.47. The number of benzene rings is 3. The van der Waals surface area contributed by atoms with E-state index in [1.165, 1.54) is 66.7 Å². The molecule has 37 heavy (non-hydrogen) atoms. The number of aliphatic hydroxyl groups is 4. The molecule has 3 aromatic carbocycles. The van der Waals surface area contributed by atoms with E-state index in [0.29, 0.717) is 6.92 Å². The summed E-state index contributed by atoms with van der Waals surface area (Å²) in [5, 5.41) is 45.7. The van der Waals surface area contributed by atoms with Crippen LogP contribution in [0.15, 0.2) is 91.0 Å². The molecule has 9 heteroatoms. The van der Waals surface area contributed by atoms with Crippen molar-refractivity contribution in [1.82, 2.24) is 0 Å². The van der Waals surface area contributed by atoms with Crippen LogP contribution in [0.2, 0.25) is 0 Å². The SMILES string of the molecule is CC(=O)C(=O)[C@@](O)(C(=O)c1ccccc1)[C@@](O)(C(=O)c1ccccc1)[C@](O)(CO)C(=O)c1ccccc1. The summed E-state index contributed by atoms with van der Waals surface area (Å²) in [6.45, 7) is -1.04. The number of aliphatic hydroxyl groups excluding tert-OH is 1. The van der Waals surface area contributed by atoms with E-state index in [-0.39, 0.29) is 5.56 Å². The Balaban J connectivity index is 2.45. The zero-order valence-corrected chi connectivity index (χ0v) is 19.7. The van der Waals surface area contributed by atoms with E-state index in [4.69, 9.17) is 0 Å². The van der Waals surface area contributed by atoms with Gasteiger partial charge in [0.1, 0.15) is 0 Å². The van der Waals surface area contributed by atoms with Crippen LogP contribution in [0.25, 0.3) is 0 Å². The van der Waals surface area contributed by atoms with Crippen LogP contribution in [0.5, 0.6) is 0 Å². The number of hydrogen-bond donors (Lipinski definition) is 4. The van der Waals surface area contributed by atoms with Crippen molar-refractivity contribution in [2.24, 2.45) is 0 Å². The number of ketones is 5. The van der Waals surface area contributed by atoms with E-state index in [2.05, 4.69) is 0 Å². The van der Waals surface area contributed by atoms with Gasteiger partial charge in [-0.05, 0) is 0 Å². The van der Waals surface area contributed by atoms with E-state index in [1.807, 2.05) is 0 Å². The smallest absolute Gasteiger partial charge is 0.241 e. The molecule has 190 valence electrons. The normalized spacial score (nSPS) is 15.9. The van der Waals surface area contributed by atoms with E-state index in [0.717, 1.165) is 24.3 Å². The maximum absolute atomic E-state index is 13.9. The third-order valence-corrected chi connectivity index (χ3v) is 6.14. The van der Waals surface area contributed by atoms with Gasteiger partial charge in [-0.15, -0.1) is 0 Å². The average molecular weight is 504 g/mol.